The molecule has 6 heteroatoms. The predicted molar refractivity (Wildman–Crippen MR) is 108 cm³/mol. The zero-order chi connectivity index (χ0) is 20.4. The second-order valence-electron chi connectivity index (χ2n) is 6.72. The van der Waals surface area contributed by atoms with Crippen molar-refractivity contribution in [1.29, 1.82) is 5.26 Å². The lowest BCUT2D eigenvalue weighted by atomic mass is 10.0. The molecule has 2 heterocycles. The number of nitrogens with zero attached hydrogens (tertiary/aromatic N) is 2. The highest BCUT2D eigenvalue weighted by Gasteiger charge is 2.25. The van der Waals surface area contributed by atoms with Crippen LogP contribution in [0.5, 0.6) is 11.5 Å². The number of ketones is 1. The van der Waals surface area contributed by atoms with Crippen LogP contribution in [0.25, 0.3) is 0 Å². The molecule has 0 fully saturated rings. The van der Waals surface area contributed by atoms with E-state index in [9.17, 15) is 4.79 Å². The second kappa shape index (κ2) is 7.94. The van der Waals surface area contributed by atoms with E-state index in [1.807, 2.05) is 19.1 Å². The fourth-order valence-electron chi connectivity index (χ4n) is 3.29. The third kappa shape index (κ3) is 3.80. The standard InChI is InChI=1S/C23H17ClN2O3/c1-14-21(9-7-18-20(27)10-11-28-22(14)18)29-23(19-8-6-17(24)13-26-19)16-4-2-15(12-25)3-5-16/h2-9,13,23H,10-11H2,1H3/t23-/m1/s1. The maximum absolute atomic E-state index is 12.1. The van der Waals surface area contributed by atoms with Crippen molar-refractivity contribution in [3.8, 4) is 17.6 Å². The van der Waals surface area contributed by atoms with Crippen LogP contribution in [-0.4, -0.2) is 17.4 Å². The number of ether oxygens (including phenoxy) is 2. The number of aromatic nitrogens is 1. The average Bonchev–Trinajstić information content (AvgIpc) is 2.75. The Kier molecular flexibility index (Phi) is 5.20. The van der Waals surface area contributed by atoms with Crippen LogP contribution in [0.15, 0.2) is 54.7 Å². The van der Waals surface area contributed by atoms with E-state index in [-0.39, 0.29) is 5.78 Å². The lowest BCUT2D eigenvalue weighted by Gasteiger charge is -2.24. The summed E-state index contributed by atoms with van der Waals surface area (Å²) in [5.74, 6) is 1.25. The molecule has 29 heavy (non-hydrogen) atoms. The molecular weight excluding hydrogens is 388 g/mol. The highest BCUT2D eigenvalue weighted by molar-refractivity contribution is 6.30. The first-order chi connectivity index (χ1) is 14.1. The summed E-state index contributed by atoms with van der Waals surface area (Å²) in [6, 6.07) is 16.4. The first-order valence-corrected chi connectivity index (χ1v) is 9.52. The van der Waals surface area contributed by atoms with E-state index in [0.29, 0.717) is 46.4 Å². The van der Waals surface area contributed by atoms with Gasteiger partial charge in [-0.05, 0) is 48.9 Å². The highest BCUT2D eigenvalue weighted by Crippen LogP contribution is 2.37. The Morgan fingerprint density at radius 1 is 1.17 bits per heavy atom. The minimum atomic E-state index is -0.518. The topological polar surface area (TPSA) is 72.2 Å². The smallest absolute Gasteiger partial charge is 0.170 e. The molecule has 1 aliphatic rings. The van der Waals surface area contributed by atoms with E-state index in [1.54, 1.807) is 42.6 Å². The Hall–Kier alpha value is -3.36. The zero-order valence-corrected chi connectivity index (χ0v) is 16.4. The molecule has 1 aliphatic heterocycles. The van der Waals surface area contributed by atoms with Crippen LogP contribution >= 0.6 is 11.6 Å². The largest absolute Gasteiger partial charge is 0.492 e. The summed E-state index contributed by atoms with van der Waals surface area (Å²) in [4.78, 5) is 16.6. The predicted octanol–water partition coefficient (Wildman–Crippen LogP) is 5.05. The molecule has 0 amide bonds. The van der Waals surface area contributed by atoms with Crippen LogP contribution in [0.3, 0.4) is 0 Å². The van der Waals surface area contributed by atoms with Crippen molar-refractivity contribution >= 4 is 17.4 Å². The van der Waals surface area contributed by atoms with Crippen LogP contribution in [0.4, 0.5) is 0 Å². The highest BCUT2D eigenvalue weighted by atomic mass is 35.5. The van der Waals surface area contributed by atoms with Gasteiger partial charge in [0.25, 0.3) is 0 Å². The van der Waals surface area contributed by atoms with Gasteiger partial charge in [-0.15, -0.1) is 0 Å². The molecule has 5 nitrogen and oxygen atoms in total. The van der Waals surface area contributed by atoms with Gasteiger partial charge in [0.15, 0.2) is 11.9 Å². The summed E-state index contributed by atoms with van der Waals surface area (Å²) in [5.41, 5.74) is 3.43. The number of hydrogen-bond donors (Lipinski definition) is 0. The lowest BCUT2D eigenvalue weighted by Crippen LogP contribution is -2.17. The number of halogens is 1. The molecule has 1 atom stereocenters. The summed E-state index contributed by atoms with van der Waals surface area (Å²) in [6.07, 6.45) is 1.43. The maximum atomic E-state index is 12.1. The summed E-state index contributed by atoms with van der Waals surface area (Å²) >= 11 is 5.99. The van der Waals surface area contributed by atoms with E-state index in [1.165, 1.54) is 0 Å². The van der Waals surface area contributed by atoms with Gasteiger partial charge in [0.05, 0.1) is 34.5 Å². The average molecular weight is 405 g/mol. The number of nitriles is 1. The van der Waals surface area contributed by atoms with Crippen LogP contribution in [-0.2, 0) is 0 Å². The van der Waals surface area contributed by atoms with Crippen molar-refractivity contribution in [3.63, 3.8) is 0 Å². The normalized spacial score (nSPS) is 13.8. The third-order valence-corrected chi connectivity index (χ3v) is 5.06. The van der Waals surface area contributed by atoms with E-state index >= 15 is 0 Å². The molecule has 4 rings (SSSR count). The molecule has 2 aromatic carbocycles. The number of Topliss-reactive ketones (excluding diaryl/α,β-unsaturated/α-hetero) is 1. The summed E-state index contributed by atoms with van der Waals surface area (Å²) in [7, 11) is 0. The van der Waals surface area contributed by atoms with Crippen LogP contribution in [0.1, 0.15) is 45.3 Å². The number of benzene rings is 2. The minimum Gasteiger partial charge on any atom is -0.492 e. The SMILES string of the molecule is Cc1c(O[C@H](c2ccc(C#N)cc2)c2ccc(Cl)cn2)ccc2c1OCCC2=O. The van der Waals surface area contributed by atoms with Crippen molar-refractivity contribution < 1.29 is 14.3 Å². The van der Waals surface area contributed by atoms with Gasteiger partial charge < -0.3 is 9.47 Å². The number of carbonyl (C=O) groups is 1. The van der Waals surface area contributed by atoms with Gasteiger partial charge in [-0.2, -0.15) is 5.26 Å². The molecular formula is C23H17ClN2O3. The maximum Gasteiger partial charge on any atom is 0.170 e. The zero-order valence-electron chi connectivity index (χ0n) is 15.7. The van der Waals surface area contributed by atoms with Crippen molar-refractivity contribution in [2.75, 3.05) is 6.61 Å². The molecule has 0 aliphatic carbocycles. The van der Waals surface area contributed by atoms with E-state index in [0.717, 1.165) is 11.1 Å². The number of hydrogen-bond acceptors (Lipinski definition) is 5. The quantitative estimate of drug-likeness (QED) is 0.608. The molecule has 0 radical (unpaired) electrons. The van der Waals surface area contributed by atoms with Gasteiger partial charge >= 0.3 is 0 Å². The molecule has 0 N–H and O–H groups in total. The van der Waals surface area contributed by atoms with E-state index in [4.69, 9.17) is 26.3 Å². The van der Waals surface area contributed by atoms with Crippen molar-refractivity contribution in [2.45, 2.75) is 19.4 Å². The van der Waals surface area contributed by atoms with Crippen molar-refractivity contribution in [2.24, 2.45) is 0 Å². The Balaban J connectivity index is 1.75. The van der Waals surface area contributed by atoms with Gasteiger partial charge in [0.2, 0.25) is 0 Å². The molecule has 0 unspecified atom stereocenters. The van der Waals surface area contributed by atoms with Crippen molar-refractivity contribution in [1.82, 2.24) is 4.98 Å². The van der Waals surface area contributed by atoms with Crippen LogP contribution < -0.4 is 9.47 Å². The van der Waals surface area contributed by atoms with E-state index in [2.05, 4.69) is 11.1 Å². The fraction of sp³-hybridized carbons (Fsp3) is 0.174. The molecule has 0 saturated carbocycles. The molecule has 0 saturated heterocycles. The Morgan fingerprint density at radius 3 is 2.66 bits per heavy atom. The van der Waals surface area contributed by atoms with Crippen molar-refractivity contribution in [3.05, 3.63) is 87.7 Å². The Bertz CT molecular complexity index is 1100. The van der Waals surface area contributed by atoms with E-state index < -0.39 is 6.10 Å². The summed E-state index contributed by atoms with van der Waals surface area (Å²) in [5, 5.41) is 9.60. The van der Waals surface area contributed by atoms with Gasteiger partial charge in [-0.1, -0.05) is 23.7 Å². The fourth-order valence-corrected chi connectivity index (χ4v) is 3.40. The summed E-state index contributed by atoms with van der Waals surface area (Å²) in [6.45, 7) is 2.24. The number of carbonyl (C=O) groups excluding carboxylic acids is 1. The monoisotopic (exact) mass is 404 g/mol. The van der Waals surface area contributed by atoms with Gasteiger partial charge in [-0.25, -0.2) is 0 Å². The molecule has 1 aromatic heterocycles. The minimum absolute atomic E-state index is 0.0731. The molecule has 144 valence electrons. The number of rotatable bonds is 4. The number of pyridine rings is 1. The molecule has 0 spiro atoms. The van der Waals surface area contributed by atoms with Crippen LogP contribution in [0.2, 0.25) is 5.02 Å². The van der Waals surface area contributed by atoms with Crippen LogP contribution in [0, 0.1) is 18.3 Å². The molecule has 3 aromatic rings. The molecule has 0 bridgehead atoms. The van der Waals surface area contributed by atoms with Gasteiger partial charge in [0.1, 0.15) is 11.5 Å². The third-order valence-electron chi connectivity index (χ3n) is 4.84. The lowest BCUT2D eigenvalue weighted by molar-refractivity contribution is 0.0932. The Morgan fingerprint density at radius 2 is 1.97 bits per heavy atom. The van der Waals surface area contributed by atoms with Gasteiger partial charge in [-0.3, -0.25) is 9.78 Å². The Labute approximate surface area is 173 Å². The second-order valence-corrected chi connectivity index (χ2v) is 7.16. The first kappa shape index (κ1) is 19.0. The number of fused-ring (bicyclic) bond motifs is 1. The summed E-state index contributed by atoms with van der Waals surface area (Å²) < 4.78 is 12.1. The van der Waals surface area contributed by atoms with Gasteiger partial charge in [0, 0.05) is 18.2 Å². The first-order valence-electron chi connectivity index (χ1n) is 9.14.